The summed E-state index contributed by atoms with van der Waals surface area (Å²) in [7, 11) is 0. The number of benzene rings is 1. The van der Waals surface area contributed by atoms with Gasteiger partial charge in [-0.25, -0.2) is 15.0 Å². The smallest absolute Gasteiger partial charge is 0.269 e. The first-order valence-electron chi connectivity index (χ1n) is 9.77. The molecule has 154 valence electrons. The molecule has 0 spiro atoms. The Labute approximate surface area is 182 Å². The number of nitro benzene ring substituents is 1. The largest absolute Gasteiger partial charge is 0.353 e. The molecule has 0 saturated carbocycles. The molecule has 1 saturated heterocycles. The number of aromatic nitrogens is 3. The van der Waals surface area contributed by atoms with Gasteiger partial charge in [0.2, 0.25) is 0 Å². The molecule has 8 nitrogen and oxygen atoms in total. The third-order valence-electron chi connectivity index (χ3n) is 5.10. The summed E-state index contributed by atoms with van der Waals surface area (Å²) >= 11 is 3.42. The number of aryl methyl sites for hydroxylation is 1. The lowest BCUT2D eigenvalue weighted by Crippen LogP contribution is -2.47. The molecule has 0 radical (unpaired) electrons. The molecular weight excluding hydrogens is 448 g/mol. The van der Waals surface area contributed by atoms with E-state index in [1.54, 1.807) is 12.1 Å². The summed E-state index contributed by atoms with van der Waals surface area (Å²) in [6.45, 7) is 5.43. The van der Waals surface area contributed by atoms with Gasteiger partial charge in [-0.05, 0) is 46.6 Å². The van der Waals surface area contributed by atoms with Crippen molar-refractivity contribution in [3.8, 4) is 11.4 Å². The number of pyridine rings is 1. The number of hydrogen-bond donors (Lipinski definition) is 0. The van der Waals surface area contributed by atoms with Gasteiger partial charge < -0.3 is 9.80 Å². The lowest BCUT2D eigenvalue weighted by Gasteiger charge is -2.36. The first kappa shape index (κ1) is 20.2. The predicted octanol–water partition coefficient (Wildman–Crippen LogP) is 4.10. The average Bonchev–Trinajstić information content (AvgIpc) is 2.79. The Hall–Kier alpha value is -3.07. The Morgan fingerprint density at radius 1 is 1.00 bits per heavy atom. The van der Waals surface area contributed by atoms with Gasteiger partial charge in [-0.15, -0.1) is 0 Å². The van der Waals surface area contributed by atoms with E-state index < -0.39 is 4.92 Å². The van der Waals surface area contributed by atoms with Crippen molar-refractivity contribution in [1.82, 2.24) is 15.0 Å². The van der Waals surface area contributed by atoms with Crippen LogP contribution in [0.4, 0.5) is 17.3 Å². The van der Waals surface area contributed by atoms with E-state index in [0.29, 0.717) is 5.82 Å². The summed E-state index contributed by atoms with van der Waals surface area (Å²) in [4.78, 5) is 28.9. The molecular formula is C21H21BrN6O2. The molecule has 3 heterocycles. The minimum Gasteiger partial charge on any atom is -0.353 e. The number of piperazine rings is 1. The van der Waals surface area contributed by atoms with Crippen molar-refractivity contribution >= 4 is 33.3 Å². The molecule has 30 heavy (non-hydrogen) atoms. The van der Waals surface area contributed by atoms with E-state index in [1.165, 1.54) is 12.1 Å². The van der Waals surface area contributed by atoms with Gasteiger partial charge in [0.1, 0.15) is 11.6 Å². The minimum absolute atomic E-state index is 0.0586. The van der Waals surface area contributed by atoms with Gasteiger partial charge in [-0.1, -0.05) is 6.92 Å². The molecule has 0 amide bonds. The van der Waals surface area contributed by atoms with Crippen molar-refractivity contribution in [1.29, 1.82) is 0 Å². The van der Waals surface area contributed by atoms with Crippen LogP contribution >= 0.6 is 15.9 Å². The highest BCUT2D eigenvalue weighted by Gasteiger charge is 2.20. The molecule has 0 bridgehead atoms. The molecule has 2 aromatic heterocycles. The quantitative estimate of drug-likeness (QED) is 0.411. The zero-order chi connectivity index (χ0) is 21.1. The second kappa shape index (κ2) is 8.74. The highest BCUT2D eigenvalue weighted by Crippen LogP contribution is 2.24. The van der Waals surface area contributed by atoms with Gasteiger partial charge >= 0.3 is 0 Å². The Balaban J connectivity index is 1.53. The second-order valence-corrected chi connectivity index (χ2v) is 7.92. The van der Waals surface area contributed by atoms with Gasteiger partial charge in [0, 0.05) is 66.3 Å². The number of anilines is 2. The Morgan fingerprint density at radius 2 is 1.67 bits per heavy atom. The Morgan fingerprint density at radius 3 is 2.23 bits per heavy atom. The van der Waals surface area contributed by atoms with Gasteiger partial charge in [0.05, 0.1) is 4.92 Å². The third-order valence-corrected chi connectivity index (χ3v) is 5.57. The normalized spacial score (nSPS) is 14.1. The molecule has 9 heteroatoms. The van der Waals surface area contributed by atoms with Crippen molar-refractivity contribution in [3.05, 3.63) is 68.9 Å². The van der Waals surface area contributed by atoms with E-state index in [1.807, 2.05) is 24.4 Å². The van der Waals surface area contributed by atoms with Crippen molar-refractivity contribution in [3.63, 3.8) is 0 Å². The van der Waals surface area contributed by atoms with Crippen LogP contribution in [0.2, 0.25) is 0 Å². The van der Waals surface area contributed by atoms with E-state index >= 15 is 0 Å². The fraction of sp³-hybridized carbons (Fsp3) is 0.286. The first-order chi connectivity index (χ1) is 14.5. The van der Waals surface area contributed by atoms with E-state index in [2.05, 4.69) is 42.6 Å². The second-order valence-electron chi connectivity index (χ2n) is 7.01. The van der Waals surface area contributed by atoms with Gasteiger partial charge in [0.25, 0.3) is 5.69 Å². The maximum atomic E-state index is 10.9. The highest BCUT2D eigenvalue weighted by atomic mass is 79.9. The molecule has 0 aliphatic carbocycles. The zero-order valence-corrected chi connectivity index (χ0v) is 18.1. The molecule has 0 N–H and O–H groups in total. The maximum Gasteiger partial charge on any atom is 0.269 e. The molecule has 1 aromatic carbocycles. The highest BCUT2D eigenvalue weighted by molar-refractivity contribution is 9.10. The summed E-state index contributed by atoms with van der Waals surface area (Å²) in [5.41, 5.74) is 1.78. The summed E-state index contributed by atoms with van der Waals surface area (Å²) in [6, 6.07) is 12.4. The van der Waals surface area contributed by atoms with E-state index in [9.17, 15) is 10.1 Å². The van der Waals surface area contributed by atoms with Gasteiger partial charge in [-0.3, -0.25) is 10.1 Å². The third kappa shape index (κ3) is 4.40. The molecule has 3 aromatic rings. The van der Waals surface area contributed by atoms with Crippen LogP contribution in [0.25, 0.3) is 11.4 Å². The minimum atomic E-state index is -0.404. The number of non-ortho nitro benzene ring substituents is 1. The number of rotatable bonds is 5. The molecule has 1 fully saturated rings. The number of nitro groups is 1. The molecule has 4 rings (SSSR count). The van der Waals surface area contributed by atoms with Crippen molar-refractivity contribution in [2.24, 2.45) is 0 Å². The van der Waals surface area contributed by atoms with Crippen LogP contribution in [0.5, 0.6) is 0 Å². The predicted molar refractivity (Wildman–Crippen MR) is 120 cm³/mol. The molecule has 1 aliphatic rings. The average molecular weight is 469 g/mol. The van der Waals surface area contributed by atoms with E-state index in [4.69, 9.17) is 4.98 Å². The molecule has 0 unspecified atom stereocenters. The fourth-order valence-electron chi connectivity index (χ4n) is 3.41. The van der Waals surface area contributed by atoms with Crippen LogP contribution in [-0.4, -0.2) is 46.1 Å². The Kier molecular flexibility index (Phi) is 5.89. The molecule has 0 atom stereocenters. The monoisotopic (exact) mass is 468 g/mol. The number of halogens is 1. The van der Waals surface area contributed by atoms with Gasteiger partial charge in [0.15, 0.2) is 5.82 Å². The van der Waals surface area contributed by atoms with Crippen molar-refractivity contribution in [2.45, 2.75) is 13.3 Å². The number of hydrogen-bond acceptors (Lipinski definition) is 7. The zero-order valence-electron chi connectivity index (χ0n) is 16.5. The van der Waals surface area contributed by atoms with Gasteiger partial charge in [-0.2, -0.15) is 0 Å². The van der Waals surface area contributed by atoms with Crippen LogP contribution in [0.1, 0.15) is 12.6 Å². The van der Waals surface area contributed by atoms with Crippen LogP contribution in [0.15, 0.2) is 53.1 Å². The maximum absolute atomic E-state index is 10.9. The van der Waals surface area contributed by atoms with Crippen molar-refractivity contribution < 1.29 is 4.92 Å². The SMILES string of the molecule is CCc1cc(N2CCN(c3ccc(Br)cn3)CC2)nc(-c2ccc([N+](=O)[O-])cc2)n1. The van der Waals surface area contributed by atoms with E-state index in [-0.39, 0.29) is 5.69 Å². The van der Waals surface area contributed by atoms with E-state index in [0.717, 1.165) is 60.0 Å². The summed E-state index contributed by atoms with van der Waals surface area (Å²) in [5, 5.41) is 10.9. The number of nitrogens with zero attached hydrogens (tertiary/aromatic N) is 6. The summed E-state index contributed by atoms with van der Waals surface area (Å²) < 4.78 is 0.969. The Bertz CT molecular complexity index is 1030. The standard InChI is InChI=1S/C21H21BrN6O2/c1-2-17-13-20(25-21(24-17)15-3-6-18(7-4-15)28(29)30)27-11-9-26(10-12-27)19-8-5-16(22)14-23-19/h3-8,13-14H,2,9-12H2,1H3. The van der Waals surface area contributed by atoms with Crippen LogP contribution < -0.4 is 9.80 Å². The lowest BCUT2D eigenvalue weighted by atomic mass is 10.2. The summed E-state index contributed by atoms with van der Waals surface area (Å²) in [5.74, 6) is 2.45. The molecule has 1 aliphatic heterocycles. The van der Waals surface area contributed by atoms with Crippen LogP contribution in [-0.2, 0) is 6.42 Å². The van der Waals surface area contributed by atoms with Crippen LogP contribution in [0, 0.1) is 10.1 Å². The van der Waals surface area contributed by atoms with Crippen molar-refractivity contribution in [2.75, 3.05) is 36.0 Å². The lowest BCUT2D eigenvalue weighted by molar-refractivity contribution is -0.384. The first-order valence-corrected chi connectivity index (χ1v) is 10.6. The fourth-order valence-corrected chi connectivity index (χ4v) is 3.64. The van der Waals surface area contributed by atoms with Crippen LogP contribution in [0.3, 0.4) is 0 Å². The summed E-state index contributed by atoms with van der Waals surface area (Å²) in [6.07, 6.45) is 2.61. The topological polar surface area (TPSA) is 88.3 Å².